The molecule has 1 atom stereocenters. The van der Waals surface area contributed by atoms with Crippen LogP contribution >= 0.6 is 24.0 Å². The molecule has 1 saturated heterocycles. The van der Waals surface area contributed by atoms with Crippen molar-refractivity contribution in [2.24, 2.45) is 7.05 Å². The second-order valence-electron chi connectivity index (χ2n) is 5.26. The second kappa shape index (κ2) is 5.82. The lowest BCUT2D eigenvalue weighted by Gasteiger charge is -2.23. The van der Waals surface area contributed by atoms with Crippen LogP contribution in [0.2, 0.25) is 0 Å². The van der Waals surface area contributed by atoms with Gasteiger partial charge in [0.2, 0.25) is 0 Å². The summed E-state index contributed by atoms with van der Waals surface area (Å²) in [7, 11) is 1.93. The number of fused-ring (bicyclic) bond motifs is 1. The van der Waals surface area contributed by atoms with E-state index in [4.69, 9.17) is 12.2 Å². The maximum atomic E-state index is 12.5. The average molecular weight is 345 g/mol. The summed E-state index contributed by atoms with van der Waals surface area (Å²) < 4.78 is 2.21. The lowest BCUT2D eigenvalue weighted by Crippen LogP contribution is -2.48. The fraction of sp³-hybridized carbons (Fsp3) is 0.188. The molecule has 0 radical (unpaired) electrons. The first-order valence-electron chi connectivity index (χ1n) is 6.92. The van der Waals surface area contributed by atoms with Gasteiger partial charge in [0.15, 0.2) is 0 Å². The number of carboxylic acid groups (broad SMARTS) is 1. The molecule has 0 aliphatic carbocycles. The van der Waals surface area contributed by atoms with Crippen molar-refractivity contribution in [3.05, 3.63) is 40.9 Å². The van der Waals surface area contributed by atoms with Crippen molar-refractivity contribution in [3.63, 3.8) is 0 Å². The number of carbonyl (C=O) groups is 2. The highest BCUT2D eigenvalue weighted by molar-refractivity contribution is 8.26. The topological polar surface area (TPSA) is 65.4 Å². The summed E-state index contributed by atoms with van der Waals surface area (Å²) in [6, 6.07) is 6.78. The van der Waals surface area contributed by atoms with Crippen LogP contribution in [0, 0.1) is 0 Å². The number of benzene rings is 1. The van der Waals surface area contributed by atoms with E-state index in [9.17, 15) is 14.7 Å². The van der Waals surface area contributed by atoms with Crippen LogP contribution in [-0.4, -0.2) is 31.7 Å². The summed E-state index contributed by atoms with van der Waals surface area (Å²) in [6.07, 6.45) is 3.68. The number of para-hydroxylation sites is 1. The number of aromatic nitrogens is 1. The number of carbonyl (C=O) groups excluding carboxylic acids is 2. The number of hydrogen-bond acceptors (Lipinski definition) is 5. The van der Waals surface area contributed by atoms with Crippen LogP contribution in [0.4, 0.5) is 0 Å². The van der Waals surface area contributed by atoms with E-state index in [2.05, 4.69) is 0 Å². The van der Waals surface area contributed by atoms with Gasteiger partial charge in [-0.25, -0.2) is 0 Å². The molecule has 2 aromatic rings. The standard InChI is InChI=1S/C16H14N2O3S2/c1-9(15(20)21)18-14(19)13(23-16(18)22)7-10-8-17(2)12-6-4-3-5-11(10)12/h3-9H,1-2H3,(H,20,21)/p-1/b13-7-/t9-/m0/s1. The van der Waals surface area contributed by atoms with Crippen molar-refractivity contribution < 1.29 is 14.7 Å². The molecule has 0 unspecified atom stereocenters. The Kier molecular flexibility index (Phi) is 3.99. The van der Waals surface area contributed by atoms with Gasteiger partial charge in [-0.2, -0.15) is 0 Å². The van der Waals surface area contributed by atoms with Crippen molar-refractivity contribution in [2.75, 3.05) is 0 Å². The minimum atomic E-state index is -1.33. The van der Waals surface area contributed by atoms with E-state index in [0.717, 1.165) is 33.1 Å². The molecule has 1 amide bonds. The smallest absolute Gasteiger partial charge is 0.266 e. The first-order valence-corrected chi connectivity index (χ1v) is 8.14. The van der Waals surface area contributed by atoms with Gasteiger partial charge < -0.3 is 14.5 Å². The summed E-state index contributed by atoms with van der Waals surface area (Å²) in [5, 5.41) is 12.0. The summed E-state index contributed by atoms with van der Waals surface area (Å²) >= 11 is 6.25. The van der Waals surface area contributed by atoms with Gasteiger partial charge in [-0.3, -0.25) is 9.69 Å². The van der Waals surface area contributed by atoms with Gasteiger partial charge in [-0.15, -0.1) is 0 Å². The van der Waals surface area contributed by atoms with Crippen LogP contribution in [0.15, 0.2) is 35.4 Å². The molecule has 0 saturated carbocycles. The first kappa shape index (κ1) is 15.8. The normalized spacial score (nSPS) is 18.2. The molecule has 1 aromatic heterocycles. The Bertz CT molecular complexity index is 869. The van der Waals surface area contributed by atoms with Gasteiger partial charge >= 0.3 is 0 Å². The second-order valence-corrected chi connectivity index (χ2v) is 6.93. The number of hydrogen-bond donors (Lipinski definition) is 0. The number of nitrogens with zero attached hydrogens (tertiary/aromatic N) is 2. The summed E-state index contributed by atoms with van der Waals surface area (Å²) in [4.78, 5) is 25.0. The highest BCUT2D eigenvalue weighted by Crippen LogP contribution is 2.35. The molecule has 0 N–H and O–H groups in total. The third-order valence-electron chi connectivity index (χ3n) is 3.77. The number of amides is 1. The highest BCUT2D eigenvalue weighted by Gasteiger charge is 2.35. The molecule has 2 heterocycles. The molecule has 1 fully saturated rings. The lowest BCUT2D eigenvalue weighted by atomic mass is 10.1. The molecule has 0 bridgehead atoms. The molecule has 118 valence electrons. The fourth-order valence-corrected chi connectivity index (χ4v) is 3.96. The SMILES string of the molecule is C[C@@H](C(=O)[O-])N1C(=O)/C(=C/c2cn(C)c3ccccc23)SC1=S. The van der Waals surface area contributed by atoms with E-state index in [-0.39, 0.29) is 4.32 Å². The van der Waals surface area contributed by atoms with Gasteiger partial charge in [0.1, 0.15) is 4.32 Å². The Morgan fingerprint density at radius 2 is 2.09 bits per heavy atom. The largest absolute Gasteiger partial charge is 0.548 e. The van der Waals surface area contributed by atoms with Gasteiger partial charge in [-0.05, 0) is 19.1 Å². The Morgan fingerprint density at radius 1 is 1.39 bits per heavy atom. The van der Waals surface area contributed by atoms with Crippen LogP contribution in [0.1, 0.15) is 12.5 Å². The van der Waals surface area contributed by atoms with Crippen LogP contribution in [0.5, 0.6) is 0 Å². The maximum Gasteiger partial charge on any atom is 0.266 e. The zero-order valence-corrected chi connectivity index (χ0v) is 14.1. The average Bonchev–Trinajstić information content (AvgIpc) is 2.97. The Balaban J connectivity index is 2.02. The Labute approximate surface area is 142 Å². The van der Waals surface area contributed by atoms with E-state index in [1.165, 1.54) is 6.92 Å². The van der Waals surface area contributed by atoms with Gasteiger partial charge in [0.05, 0.1) is 16.9 Å². The molecule has 7 heteroatoms. The van der Waals surface area contributed by atoms with Gasteiger partial charge in [-0.1, -0.05) is 42.2 Å². The lowest BCUT2D eigenvalue weighted by molar-refractivity contribution is -0.309. The number of aliphatic carboxylic acids is 1. The van der Waals surface area contributed by atoms with Crippen LogP contribution in [0.25, 0.3) is 17.0 Å². The van der Waals surface area contributed by atoms with E-state index in [1.54, 1.807) is 6.08 Å². The predicted molar refractivity (Wildman–Crippen MR) is 92.4 cm³/mol. The molecule has 3 rings (SSSR count). The molecular formula is C16H13N2O3S2-. The summed E-state index contributed by atoms with van der Waals surface area (Å²) in [6.45, 7) is 1.39. The zero-order chi connectivity index (χ0) is 16.7. The molecular weight excluding hydrogens is 332 g/mol. The third kappa shape index (κ3) is 2.66. The van der Waals surface area contributed by atoms with E-state index < -0.39 is 17.9 Å². The van der Waals surface area contributed by atoms with Crippen molar-refractivity contribution in [1.82, 2.24) is 9.47 Å². The number of rotatable bonds is 3. The van der Waals surface area contributed by atoms with Crippen LogP contribution in [-0.2, 0) is 16.6 Å². The molecule has 23 heavy (non-hydrogen) atoms. The highest BCUT2D eigenvalue weighted by atomic mass is 32.2. The third-order valence-corrected chi connectivity index (χ3v) is 5.10. The van der Waals surface area contributed by atoms with E-state index in [1.807, 2.05) is 42.1 Å². The Morgan fingerprint density at radius 3 is 2.78 bits per heavy atom. The molecule has 1 aliphatic heterocycles. The van der Waals surface area contributed by atoms with Crippen molar-refractivity contribution in [2.45, 2.75) is 13.0 Å². The maximum absolute atomic E-state index is 12.5. The summed E-state index contributed by atoms with van der Waals surface area (Å²) in [5.74, 6) is -1.72. The number of thioether (sulfide) groups is 1. The van der Waals surface area contributed by atoms with Crippen molar-refractivity contribution >= 4 is 57.2 Å². The van der Waals surface area contributed by atoms with Crippen LogP contribution in [0.3, 0.4) is 0 Å². The molecule has 1 aromatic carbocycles. The minimum absolute atomic E-state index is 0.234. The van der Waals surface area contributed by atoms with Crippen LogP contribution < -0.4 is 5.11 Å². The number of carboxylic acids is 1. The predicted octanol–water partition coefficient (Wildman–Crippen LogP) is 1.52. The van der Waals surface area contributed by atoms with Gasteiger partial charge in [0.25, 0.3) is 5.91 Å². The number of aryl methyl sites for hydroxylation is 1. The quantitative estimate of drug-likeness (QED) is 0.623. The van der Waals surface area contributed by atoms with E-state index >= 15 is 0 Å². The molecule has 1 aliphatic rings. The zero-order valence-electron chi connectivity index (χ0n) is 12.5. The monoisotopic (exact) mass is 345 g/mol. The fourth-order valence-electron chi connectivity index (χ4n) is 2.55. The van der Waals surface area contributed by atoms with E-state index in [0.29, 0.717) is 4.91 Å². The summed E-state index contributed by atoms with van der Waals surface area (Å²) in [5.41, 5.74) is 1.95. The minimum Gasteiger partial charge on any atom is -0.548 e. The molecule has 5 nitrogen and oxygen atoms in total. The number of thiocarbonyl (C=S) groups is 1. The Hall–Kier alpha value is -2.12. The molecule has 0 spiro atoms. The van der Waals surface area contributed by atoms with Crippen molar-refractivity contribution in [1.29, 1.82) is 0 Å². The van der Waals surface area contributed by atoms with Gasteiger partial charge in [0, 0.05) is 29.7 Å². The first-order chi connectivity index (χ1) is 10.9. The van der Waals surface area contributed by atoms with Crippen molar-refractivity contribution in [3.8, 4) is 0 Å².